The highest BCUT2D eigenvalue weighted by Gasteiger charge is 2.14. The molecule has 10 heteroatoms. The first-order chi connectivity index (χ1) is 13.3. The summed E-state index contributed by atoms with van der Waals surface area (Å²) in [6.45, 7) is 5.39. The molecule has 0 unspecified atom stereocenters. The van der Waals surface area contributed by atoms with E-state index in [1.165, 1.54) is 24.4 Å². The van der Waals surface area contributed by atoms with Crippen LogP contribution in [0, 0.1) is 6.92 Å². The van der Waals surface area contributed by atoms with Gasteiger partial charge in [-0.05, 0) is 31.2 Å². The van der Waals surface area contributed by atoms with Gasteiger partial charge in [0.2, 0.25) is 10.0 Å². The van der Waals surface area contributed by atoms with Crippen molar-refractivity contribution < 1.29 is 22.4 Å². The number of aryl methyl sites for hydroxylation is 1. The highest BCUT2D eigenvalue weighted by Crippen LogP contribution is 2.12. The third kappa shape index (κ3) is 6.18. The molecule has 2 aromatic rings. The molecule has 0 saturated heterocycles. The molecule has 0 fully saturated rings. The van der Waals surface area contributed by atoms with E-state index < -0.39 is 21.8 Å². The van der Waals surface area contributed by atoms with Crippen molar-refractivity contribution in [2.45, 2.75) is 18.4 Å². The van der Waals surface area contributed by atoms with Crippen molar-refractivity contribution in [3.63, 3.8) is 0 Å². The average molecular weight is 404 g/mol. The lowest BCUT2D eigenvalue weighted by Gasteiger charge is -2.05. The van der Waals surface area contributed by atoms with Crippen LogP contribution >= 0.6 is 0 Å². The Labute approximate surface area is 162 Å². The van der Waals surface area contributed by atoms with Gasteiger partial charge in [0.1, 0.15) is 11.5 Å². The van der Waals surface area contributed by atoms with Crippen molar-refractivity contribution in [3.05, 3.63) is 66.1 Å². The zero-order valence-electron chi connectivity index (χ0n) is 15.1. The lowest BCUT2D eigenvalue weighted by molar-refractivity contribution is -0.139. The van der Waals surface area contributed by atoms with Gasteiger partial charge in [-0.25, -0.2) is 18.6 Å². The minimum Gasteiger partial charge on any atom is -0.459 e. The number of hydrogen-bond donors (Lipinski definition) is 3. The van der Waals surface area contributed by atoms with Gasteiger partial charge < -0.3 is 9.73 Å². The fraction of sp³-hybridized carbons (Fsp3) is 0.167. The molecule has 28 heavy (non-hydrogen) atoms. The van der Waals surface area contributed by atoms with Crippen molar-refractivity contribution >= 4 is 28.1 Å². The maximum atomic E-state index is 12.2. The lowest BCUT2D eigenvalue weighted by Crippen LogP contribution is -2.37. The van der Waals surface area contributed by atoms with Crippen molar-refractivity contribution in [3.8, 4) is 0 Å². The van der Waals surface area contributed by atoms with Crippen molar-refractivity contribution in [2.75, 3.05) is 6.54 Å². The Balaban J connectivity index is 1.88. The molecular weight excluding hydrogens is 384 g/mol. The monoisotopic (exact) mass is 404 g/mol. The maximum Gasteiger partial charge on any atom is 0.329 e. The van der Waals surface area contributed by atoms with Crippen LogP contribution < -0.4 is 15.5 Å². The van der Waals surface area contributed by atoms with Crippen molar-refractivity contribution in [1.82, 2.24) is 15.5 Å². The summed E-state index contributed by atoms with van der Waals surface area (Å²) in [5.41, 5.74) is 3.00. The van der Waals surface area contributed by atoms with Crippen molar-refractivity contribution in [1.29, 1.82) is 0 Å². The number of carbonyl (C=O) groups is 2. The first-order valence-corrected chi connectivity index (χ1v) is 9.67. The summed E-state index contributed by atoms with van der Waals surface area (Å²) in [5.74, 6) is -1.15. The highest BCUT2D eigenvalue weighted by atomic mass is 32.2. The van der Waals surface area contributed by atoms with Crippen LogP contribution in [0.5, 0.6) is 0 Å². The van der Waals surface area contributed by atoms with Crippen LogP contribution in [0.4, 0.5) is 0 Å². The smallest absolute Gasteiger partial charge is 0.329 e. The average Bonchev–Trinajstić information content (AvgIpc) is 3.12. The summed E-state index contributed by atoms with van der Waals surface area (Å²) in [5, 5.41) is 5.91. The van der Waals surface area contributed by atoms with E-state index in [1.807, 2.05) is 12.3 Å². The van der Waals surface area contributed by atoms with Gasteiger partial charge in [0.25, 0.3) is 0 Å². The zero-order valence-corrected chi connectivity index (χ0v) is 16.0. The van der Waals surface area contributed by atoms with E-state index >= 15 is 0 Å². The topological polar surface area (TPSA) is 130 Å². The van der Waals surface area contributed by atoms with E-state index in [-0.39, 0.29) is 23.7 Å². The third-order valence-corrected chi connectivity index (χ3v) is 4.84. The summed E-state index contributed by atoms with van der Waals surface area (Å²) in [4.78, 5) is 22.9. The number of benzene rings is 1. The summed E-state index contributed by atoms with van der Waals surface area (Å²) < 4.78 is 32.3. The maximum absolute atomic E-state index is 12.2. The molecular formula is C18H20N4O5S. The predicted molar refractivity (Wildman–Crippen MR) is 103 cm³/mol. The van der Waals surface area contributed by atoms with Gasteiger partial charge in [0, 0.05) is 6.54 Å². The summed E-state index contributed by atoms with van der Waals surface area (Å²) in [6.07, 6.45) is 2.63. The van der Waals surface area contributed by atoms with Gasteiger partial charge >= 0.3 is 11.8 Å². The molecule has 0 atom stereocenters. The van der Waals surface area contributed by atoms with Gasteiger partial charge in [0.15, 0.2) is 0 Å². The molecule has 0 bridgehead atoms. The molecule has 0 aliphatic heterocycles. The Morgan fingerprint density at radius 2 is 1.86 bits per heavy atom. The molecule has 148 valence electrons. The number of nitrogens with one attached hydrogen (secondary N) is 3. The number of rotatable bonds is 8. The van der Waals surface area contributed by atoms with E-state index in [2.05, 4.69) is 21.7 Å². The number of hydrazone groups is 1. The molecule has 0 saturated carbocycles. The summed E-state index contributed by atoms with van der Waals surface area (Å²) in [7, 11) is -3.66. The van der Waals surface area contributed by atoms with Crippen LogP contribution in [0.15, 0.2) is 63.5 Å². The number of furan rings is 1. The Hall–Kier alpha value is -3.24. The molecule has 1 aromatic carbocycles. The molecule has 2 amide bonds. The van der Waals surface area contributed by atoms with Crippen molar-refractivity contribution in [2.24, 2.45) is 5.10 Å². The lowest BCUT2D eigenvalue weighted by atomic mass is 10.2. The van der Waals surface area contributed by atoms with E-state index in [0.29, 0.717) is 5.76 Å². The second-order valence-electron chi connectivity index (χ2n) is 5.64. The van der Waals surface area contributed by atoms with Gasteiger partial charge in [0.05, 0.1) is 17.7 Å². The van der Waals surface area contributed by atoms with Crippen LogP contribution in [-0.4, -0.2) is 33.0 Å². The number of nitrogens with zero attached hydrogens (tertiary/aromatic N) is 1. The van der Waals surface area contributed by atoms with Crippen LogP contribution in [0.3, 0.4) is 0 Å². The molecule has 1 heterocycles. The largest absolute Gasteiger partial charge is 0.459 e. The molecule has 1 aromatic heterocycles. The fourth-order valence-electron chi connectivity index (χ4n) is 1.98. The third-order valence-electron chi connectivity index (χ3n) is 3.42. The van der Waals surface area contributed by atoms with Gasteiger partial charge in [-0.3, -0.25) is 9.59 Å². The highest BCUT2D eigenvalue weighted by molar-refractivity contribution is 7.89. The Morgan fingerprint density at radius 1 is 1.14 bits per heavy atom. The molecule has 0 spiro atoms. The van der Waals surface area contributed by atoms with Gasteiger partial charge in [-0.15, -0.1) is 6.58 Å². The SMILES string of the molecule is C=CCNC(=O)C(=O)N/N=C/c1ccc(CNS(=O)(=O)c2ccc(C)cc2)o1. The Kier molecular flexibility index (Phi) is 7.24. The molecule has 3 N–H and O–H groups in total. The van der Waals surface area contributed by atoms with Crippen LogP contribution in [-0.2, 0) is 26.2 Å². The number of amides is 2. The van der Waals surface area contributed by atoms with E-state index in [4.69, 9.17) is 4.42 Å². The normalized spacial score (nSPS) is 11.3. The summed E-state index contributed by atoms with van der Waals surface area (Å²) >= 11 is 0. The predicted octanol–water partition coefficient (Wildman–Crippen LogP) is 0.819. The second-order valence-corrected chi connectivity index (χ2v) is 7.41. The molecule has 2 rings (SSSR count). The number of sulfonamides is 1. The first kappa shape index (κ1) is 21.1. The van der Waals surface area contributed by atoms with Crippen LogP contribution in [0.2, 0.25) is 0 Å². The molecule has 9 nitrogen and oxygen atoms in total. The molecule has 0 radical (unpaired) electrons. The minimum atomic E-state index is -3.66. The van der Waals surface area contributed by atoms with E-state index in [1.54, 1.807) is 24.3 Å². The summed E-state index contributed by atoms with van der Waals surface area (Å²) in [6, 6.07) is 9.57. The van der Waals surface area contributed by atoms with Crippen LogP contribution in [0.1, 0.15) is 17.1 Å². The number of carbonyl (C=O) groups excluding carboxylic acids is 2. The van der Waals surface area contributed by atoms with Gasteiger partial charge in [-0.2, -0.15) is 5.10 Å². The molecule has 0 aliphatic carbocycles. The fourth-order valence-corrected chi connectivity index (χ4v) is 2.97. The minimum absolute atomic E-state index is 0.0552. The zero-order chi connectivity index (χ0) is 20.6. The standard InChI is InChI=1S/C18H20N4O5S/c1-3-10-19-17(23)18(24)22-20-11-14-6-7-15(27-14)12-21-28(25,26)16-8-4-13(2)5-9-16/h3-9,11,21H,1,10,12H2,2H3,(H,19,23)(H,22,24)/b20-11+. The van der Waals surface area contributed by atoms with Crippen LogP contribution in [0.25, 0.3) is 0 Å². The molecule has 0 aliphatic rings. The van der Waals surface area contributed by atoms with E-state index in [0.717, 1.165) is 5.56 Å². The Bertz CT molecular complexity index is 978. The Morgan fingerprint density at radius 3 is 2.54 bits per heavy atom. The first-order valence-electron chi connectivity index (χ1n) is 8.19. The van der Waals surface area contributed by atoms with E-state index in [9.17, 15) is 18.0 Å². The van der Waals surface area contributed by atoms with Gasteiger partial charge in [-0.1, -0.05) is 23.8 Å². The quantitative estimate of drug-likeness (QED) is 0.260. The second kappa shape index (κ2) is 9.62. The number of hydrogen-bond acceptors (Lipinski definition) is 6.